The van der Waals surface area contributed by atoms with E-state index in [2.05, 4.69) is 46.4 Å². The smallest absolute Gasteiger partial charge is 0.192 e. The van der Waals surface area contributed by atoms with Gasteiger partial charge in [0.15, 0.2) is 8.32 Å². The number of hydrogen-bond donors (Lipinski definition) is 0. The van der Waals surface area contributed by atoms with Crippen molar-refractivity contribution >= 4 is 8.32 Å². The summed E-state index contributed by atoms with van der Waals surface area (Å²) in [6, 6.07) is 0. The molecule has 0 N–H and O–H groups in total. The molecule has 0 bridgehead atoms. The molecule has 0 aliphatic rings. The van der Waals surface area contributed by atoms with Crippen LogP contribution in [-0.2, 0) is 4.43 Å². The lowest BCUT2D eigenvalue weighted by molar-refractivity contribution is 0.323. The molecule has 74 valence electrons. The fraction of sp³-hybridized carbons (Fsp3) is 0.636. The molecule has 0 aromatic rings. The summed E-state index contributed by atoms with van der Waals surface area (Å²) in [6.07, 6.45) is 5.20. The van der Waals surface area contributed by atoms with E-state index < -0.39 is 8.32 Å². The third kappa shape index (κ3) is 3.80. The molecular formula is C11H20OSi. The van der Waals surface area contributed by atoms with E-state index in [4.69, 9.17) is 10.8 Å². The highest BCUT2D eigenvalue weighted by atomic mass is 28.4. The van der Waals surface area contributed by atoms with Crippen molar-refractivity contribution in [2.75, 3.05) is 6.61 Å². The fourth-order valence-electron chi connectivity index (χ4n) is 0.526. The minimum absolute atomic E-state index is 0.238. The molecular weight excluding hydrogens is 176 g/mol. The Labute approximate surface area is 83.3 Å². The van der Waals surface area contributed by atoms with E-state index in [9.17, 15) is 0 Å². The van der Waals surface area contributed by atoms with E-state index in [1.165, 1.54) is 0 Å². The summed E-state index contributed by atoms with van der Waals surface area (Å²) in [6.45, 7) is 15.3. The summed E-state index contributed by atoms with van der Waals surface area (Å²) in [4.78, 5) is 0. The molecule has 0 heterocycles. The summed E-state index contributed by atoms with van der Waals surface area (Å²) in [7, 11) is -1.64. The molecule has 0 aromatic carbocycles. The van der Waals surface area contributed by atoms with Gasteiger partial charge in [-0.05, 0) is 18.1 Å². The summed E-state index contributed by atoms with van der Waals surface area (Å²) < 4.78 is 5.84. The molecule has 0 saturated carbocycles. The predicted molar refractivity (Wildman–Crippen MR) is 61.1 cm³/mol. The first kappa shape index (κ1) is 12.5. The molecule has 0 atom stereocenters. The van der Waals surface area contributed by atoms with Crippen LogP contribution in [0.2, 0.25) is 18.1 Å². The van der Waals surface area contributed by atoms with Gasteiger partial charge in [-0.2, -0.15) is 0 Å². The van der Waals surface area contributed by atoms with E-state index in [0.717, 1.165) is 5.57 Å². The molecule has 0 radical (unpaired) electrons. The topological polar surface area (TPSA) is 9.23 Å². The van der Waals surface area contributed by atoms with E-state index in [1.54, 1.807) is 0 Å². The van der Waals surface area contributed by atoms with Crippen LogP contribution in [0.4, 0.5) is 0 Å². The molecule has 0 saturated heterocycles. The molecule has 0 amide bonds. The summed E-state index contributed by atoms with van der Waals surface area (Å²) in [5.41, 5.74) is 0.727. The van der Waals surface area contributed by atoms with Crippen LogP contribution >= 0.6 is 0 Å². The standard InChI is InChI=1S/C11H20OSi/c1-8-10(2)9-12-13(6,7)11(3,4)5/h1H,2,9H2,3-7H3. The van der Waals surface area contributed by atoms with E-state index >= 15 is 0 Å². The van der Waals surface area contributed by atoms with Gasteiger partial charge < -0.3 is 4.43 Å². The van der Waals surface area contributed by atoms with Gasteiger partial charge in [-0.25, -0.2) is 0 Å². The average molecular weight is 196 g/mol. The maximum absolute atomic E-state index is 5.84. The lowest BCUT2D eigenvalue weighted by Gasteiger charge is -2.36. The molecule has 13 heavy (non-hydrogen) atoms. The molecule has 0 spiro atoms. The van der Waals surface area contributed by atoms with Crippen molar-refractivity contribution in [2.45, 2.75) is 38.9 Å². The van der Waals surface area contributed by atoms with Crippen molar-refractivity contribution in [2.24, 2.45) is 0 Å². The van der Waals surface area contributed by atoms with Crippen LogP contribution in [0.1, 0.15) is 20.8 Å². The Morgan fingerprint density at radius 1 is 1.46 bits per heavy atom. The van der Waals surface area contributed by atoms with Gasteiger partial charge >= 0.3 is 0 Å². The van der Waals surface area contributed by atoms with Crippen molar-refractivity contribution in [1.29, 1.82) is 0 Å². The number of terminal acetylenes is 1. The van der Waals surface area contributed by atoms with Crippen LogP contribution in [0.3, 0.4) is 0 Å². The maximum atomic E-state index is 5.84. The van der Waals surface area contributed by atoms with Crippen molar-refractivity contribution in [3.63, 3.8) is 0 Å². The van der Waals surface area contributed by atoms with Gasteiger partial charge in [0.05, 0.1) is 6.61 Å². The van der Waals surface area contributed by atoms with Crippen LogP contribution in [0.5, 0.6) is 0 Å². The van der Waals surface area contributed by atoms with Crippen molar-refractivity contribution < 1.29 is 4.43 Å². The predicted octanol–water partition coefficient (Wildman–Crippen LogP) is 3.20. The zero-order chi connectivity index (χ0) is 10.7. The highest BCUT2D eigenvalue weighted by molar-refractivity contribution is 6.74. The summed E-state index contributed by atoms with van der Waals surface area (Å²) >= 11 is 0. The Balaban J connectivity index is 4.22. The lowest BCUT2D eigenvalue weighted by atomic mass is 10.2. The average Bonchev–Trinajstić information content (AvgIpc) is 1.98. The van der Waals surface area contributed by atoms with Crippen molar-refractivity contribution in [3.8, 4) is 12.3 Å². The third-order valence-electron chi connectivity index (χ3n) is 2.62. The quantitative estimate of drug-likeness (QED) is 0.497. The van der Waals surface area contributed by atoms with Gasteiger partial charge in [0.25, 0.3) is 0 Å². The first-order valence-electron chi connectivity index (χ1n) is 4.49. The van der Waals surface area contributed by atoms with Gasteiger partial charge in [-0.3, -0.25) is 0 Å². The molecule has 1 nitrogen and oxygen atoms in total. The second-order valence-electron chi connectivity index (χ2n) is 4.80. The van der Waals surface area contributed by atoms with Crippen LogP contribution in [-0.4, -0.2) is 14.9 Å². The molecule has 0 rings (SSSR count). The maximum Gasteiger partial charge on any atom is 0.192 e. The lowest BCUT2D eigenvalue weighted by Crippen LogP contribution is -2.41. The first-order chi connectivity index (χ1) is 5.70. The minimum atomic E-state index is -1.64. The highest BCUT2D eigenvalue weighted by Gasteiger charge is 2.36. The normalized spacial score (nSPS) is 12.3. The second-order valence-corrected chi connectivity index (χ2v) is 9.61. The van der Waals surface area contributed by atoms with Crippen LogP contribution < -0.4 is 0 Å². The molecule has 0 unspecified atom stereocenters. The largest absolute Gasteiger partial charge is 0.412 e. The summed E-state index contributed by atoms with van der Waals surface area (Å²) in [5.74, 6) is 2.49. The Morgan fingerprint density at radius 3 is 2.23 bits per heavy atom. The second kappa shape index (κ2) is 4.12. The van der Waals surface area contributed by atoms with Gasteiger partial charge in [0.1, 0.15) is 0 Å². The van der Waals surface area contributed by atoms with E-state index in [-0.39, 0.29) is 5.04 Å². The van der Waals surface area contributed by atoms with Gasteiger partial charge in [0, 0.05) is 5.57 Å². The van der Waals surface area contributed by atoms with Gasteiger partial charge in [-0.15, -0.1) is 6.42 Å². The van der Waals surface area contributed by atoms with Crippen LogP contribution in [0.25, 0.3) is 0 Å². The fourth-order valence-corrected chi connectivity index (χ4v) is 1.49. The zero-order valence-electron chi connectivity index (χ0n) is 9.40. The van der Waals surface area contributed by atoms with Gasteiger partial charge in [0.2, 0.25) is 0 Å². The minimum Gasteiger partial charge on any atom is -0.412 e. The van der Waals surface area contributed by atoms with Crippen LogP contribution in [0, 0.1) is 12.3 Å². The Hall–Kier alpha value is -0.523. The van der Waals surface area contributed by atoms with Gasteiger partial charge in [-0.1, -0.05) is 33.3 Å². The highest BCUT2D eigenvalue weighted by Crippen LogP contribution is 2.36. The monoisotopic (exact) mass is 196 g/mol. The molecule has 2 heteroatoms. The van der Waals surface area contributed by atoms with E-state index in [0.29, 0.717) is 6.61 Å². The number of hydrogen-bond acceptors (Lipinski definition) is 1. The zero-order valence-corrected chi connectivity index (χ0v) is 10.4. The first-order valence-corrected chi connectivity index (χ1v) is 7.40. The van der Waals surface area contributed by atoms with Crippen LogP contribution in [0.15, 0.2) is 12.2 Å². The van der Waals surface area contributed by atoms with E-state index in [1.807, 2.05) is 0 Å². The SMILES string of the molecule is C#CC(=C)CO[Si](C)(C)C(C)(C)C. The third-order valence-corrected chi connectivity index (χ3v) is 7.10. The summed E-state index contributed by atoms with van der Waals surface area (Å²) in [5, 5.41) is 0.238. The molecule has 0 aliphatic heterocycles. The number of rotatable bonds is 3. The molecule has 0 aromatic heterocycles. The Kier molecular flexibility index (Phi) is 3.96. The molecule has 0 fully saturated rings. The molecule has 0 aliphatic carbocycles. The van der Waals surface area contributed by atoms with Crippen molar-refractivity contribution in [3.05, 3.63) is 12.2 Å². The Morgan fingerprint density at radius 2 is 1.92 bits per heavy atom. The van der Waals surface area contributed by atoms with Crippen molar-refractivity contribution in [1.82, 2.24) is 0 Å². The Bertz CT molecular complexity index is 227.